The minimum absolute atomic E-state index is 0.104. The summed E-state index contributed by atoms with van der Waals surface area (Å²) in [5.41, 5.74) is 1.03. The van der Waals surface area contributed by atoms with Gasteiger partial charge < -0.3 is 0 Å². The maximum absolute atomic E-state index is 13.2. The first-order valence-electron chi connectivity index (χ1n) is 7.70. The van der Waals surface area contributed by atoms with Crippen molar-refractivity contribution in [1.29, 1.82) is 0 Å². The van der Waals surface area contributed by atoms with E-state index in [9.17, 15) is 17.6 Å². The van der Waals surface area contributed by atoms with Crippen molar-refractivity contribution in [2.75, 3.05) is 21.3 Å². The van der Waals surface area contributed by atoms with Crippen LogP contribution in [-0.4, -0.2) is 38.0 Å². The largest absolute Gasteiger partial charge is 0.329 e. The van der Waals surface area contributed by atoms with Gasteiger partial charge in [0.05, 0.1) is 23.6 Å². The van der Waals surface area contributed by atoms with Crippen LogP contribution >= 0.6 is 11.6 Å². The Hall–Kier alpha value is -2.12. The molecule has 2 atom stereocenters. The molecule has 2 heterocycles. The second-order valence-electron chi connectivity index (χ2n) is 6.19. The van der Waals surface area contributed by atoms with Gasteiger partial charge in [0.25, 0.3) is 0 Å². The molecule has 8 heteroatoms. The normalized spacial score (nSPS) is 24.6. The lowest BCUT2D eigenvalue weighted by molar-refractivity contribution is 0.255. The lowest BCUT2D eigenvalue weighted by atomic mass is 10.1. The first kappa shape index (κ1) is 16.4. The molecular formula is C17H14ClFN2O3S. The molecule has 0 aromatic heterocycles. The zero-order chi connectivity index (χ0) is 17.8. The Bertz CT molecular complexity index is 949. The van der Waals surface area contributed by atoms with E-state index in [0.29, 0.717) is 16.4 Å². The number of amides is 2. The molecule has 0 radical (unpaired) electrons. The summed E-state index contributed by atoms with van der Waals surface area (Å²) in [5.74, 6) is -0.636. The van der Waals surface area contributed by atoms with E-state index < -0.39 is 27.7 Å². The highest BCUT2D eigenvalue weighted by Crippen LogP contribution is 2.38. The number of carbonyl (C=O) groups excluding carboxylic acids is 1. The minimum atomic E-state index is -3.27. The quantitative estimate of drug-likeness (QED) is 0.752. The monoisotopic (exact) mass is 380 g/mol. The zero-order valence-electron chi connectivity index (χ0n) is 13.0. The van der Waals surface area contributed by atoms with E-state index in [1.165, 1.54) is 34.1 Å². The van der Waals surface area contributed by atoms with Gasteiger partial charge in [-0.25, -0.2) is 17.6 Å². The highest BCUT2D eigenvalue weighted by atomic mass is 35.5. The van der Waals surface area contributed by atoms with E-state index in [0.717, 1.165) is 0 Å². The molecular weight excluding hydrogens is 367 g/mol. The SMILES string of the molecule is O=C1N(c2ccc(F)cc2)[C@@H]2CS(=O)(=O)C[C@@H]2N1c1cccc(Cl)c1. The number of hydrogen-bond donors (Lipinski definition) is 0. The zero-order valence-corrected chi connectivity index (χ0v) is 14.5. The summed E-state index contributed by atoms with van der Waals surface area (Å²) in [5, 5.41) is 0.461. The Morgan fingerprint density at radius 1 is 0.960 bits per heavy atom. The van der Waals surface area contributed by atoms with Crippen LogP contribution in [0.2, 0.25) is 5.02 Å². The van der Waals surface area contributed by atoms with Crippen LogP contribution in [0.15, 0.2) is 48.5 Å². The van der Waals surface area contributed by atoms with E-state index in [1.54, 1.807) is 24.3 Å². The van der Waals surface area contributed by atoms with Gasteiger partial charge in [0.15, 0.2) is 9.84 Å². The van der Waals surface area contributed by atoms with Crippen LogP contribution in [0.1, 0.15) is 0 Å². The molecule has 0 spiro atoms. The molecule has 0 bridgehead atoms. The molecule has 5 nitrogen and oxygen atoms in total. The molecule has 0 unspecified atom stereocenters. The van der Waals surface area contributed by atoms with Gasteiger partial charge in [-0.1, -0.05) is 17.7 Å². The number of fused-ring (bicyclic) bond motifs is 1. The van der Waals surface area contributed by atoms with Gasteiger partial charge in [0.2, 0.25) is 0 Å². The Balaban J connectivity index is 1.81. The summed E-state index contributed by atoms with van der Waals surface area (Å²) in [6.45, 7) is 0. The van der Waals surface area contributed by atoms with Crippen molar-refractivity contribution in [2.24, 2.45) is 0 Å². The van der Waals surface area contributed by atoms with Crippen LogP contribution in [0.4, 0.5) is 20.6 Å². The summed E-state index contributed by atoms with van der Waals surface area (Å²) < 4.78 is 37.6. The van der Waals surface area contributed by atoms with Gasteiger partial charge in [0, 0.05) is 16.4 Å². The summed E-state index contributed by atoms with van der Waals surface area (Å²) in [7, 11) is -3.27. The first-order valence-corrected chi connectivity index (χ1v) is 9.90. The first-order chi connectivity index (χ1) is 11.9. The number of benzene rings is 2. The highest BCUT2D eigenvalue weighted by molar-refractivity contribution is 7.91. The molecule has 2 amide bonds. The third-order valence-electron chi connectivity index (χ3n) is 4.56. The second kappa shape index (κ2) is 5.71. The second-order valence-corrected chi connectivity index (χ2v) is 8.78. The molecule has 0 saturated carbocycles. The maximum Gasteiger partial charge on any atom is 0.329 e. The fourth-order valence-electron chi connectivity index (χ4n) is 3.54. The molecule has 2 fully saturated rings. The number of anilines is 2. The van der Waals surface area contributed by atoms with Gasteiger partial charge in [0.1, 0.15) is 5.82 Å². The van der Waals surface area contributed by atoms with Crippen molar-refractivity contribution in [1.82, 2.24) is 0 Å². The number of hydrogen-bond acceptors (Lipinski definition) is 3. The summed E-state index contributed by atoms with van der Waals surface area (Å²) >= 11 is 6.03. The van der Waals surface area contributed by atoms with Gasteiger partial charge in [-0.2, -0.15) is 0 Å². The Labute approximate surface area is 149 Å². The van der Waals surface area contributed by atoms with Gasteiger partial charge in [-0.05, 0) is 42.5 Å². The van der Waals surface area contributed by atoms with Gasteiger partial charge >= 0.3 is 6.03 Å². The Morgan fingerprint density at radius 3 is 2.16 bits per heavy atom. The number of carbonyl (C=O) groups is 1. The molecule has 130 valence electrons. The summed E-state index contributed by atoms with van der Waals surface area (Å²) in [6.07, 6.45) is 0. The maximum atomic E-state index is 13.2. The van der Waals surface area contributed by atoms with Crippen LogP contribution in [0.5, 0.6) is 0 Å². The molecule has 0 N–H and O–H groups in total. The molecule has 4 rings (SSSR count). The van der Waals surface area contributed by atoms with Gasteiger partial charge in [-0.15, -0.1) is 0 Å². The molecule has 0 aliphatic carbocycles. The number of urea groups is 1. The van der Waals surface area contributed by atoms with Crippen molar-refractivity contribution in [3.8, 4) is 0 Å². The Kier molecular flexibility index (Phi) is 3.73. The highest BCUT2D eigenvalue weighted by Gasteiger charge is 2.54. The van der Waals surface area contributed by atoms with Crippen LogP contribution in [-0.2, 0) is 9.84 Å². The third-order valence-corrected chi connectivity index (χ3v) is 6.49. The number of halogens is 2. The fourth-order valence-corrected chi connectivity index (χ4v) is 5.64. The van der Waals surface area contributed by atoms with Gasteiger partial charge in [-0.3, -0.25) is 9.80 Å². The number of sulfone groups is 1. The lowest BCUT2D eigenvalue weighted by Crippen LogP contribution is -2.37. The van der Waals surface area contributed by atoms with Crippen molar-refractivity contribution in [3.05, 3.63) is 59.4 Å². The predicted octanol–water partition coefficient (Wildman–Crippen LogP) is 3.09. The number of rotatable bonds is 2. The number of nitrogens with zero attached hydrogens (tertiary/aromatic N) is 2. The van der Waals surface area contributed by atoms with E-state index in [2.05, 4.69) is 0 Å². The van der Waals surface area contributed by atoms with Crippen molar-refractivity contribution in [2.45, 2.75) is 12.1 Å². The topological polar surface area (TPSA) is 57.7 Å². The third kappa shape index (κ3) is 2.77. The molecule has 2 aliphatic rings. The van der Waals surface area contributed by atoms with E-state index >= 15 is 0 Å². The average molecular weight is 381 g/mol. The summed E-state index contributed by atoms with van der Waals surface area (Å²) in [6, 6.07) is 10.9. The molecule has 2 aromatic carbocycles. The smallest absolute Gasteiger partial charge is 0.288 e. The minimum Gasteiger partial charge on any atom is -0.288 e. The molecule has 2 aliphatic heterocycles. The van der Waals surface area contributed by atoms with Crippen LogP contribution < -0.4 is 9.80 Å². The van der Waals surface area contributed by atoms with Crippen molar-refractivity contribution < 1.29 is 17.6 Å². The fraction of sp³-hybridized carbons (Fsp3) is 0.235. The molecule has 2 aromatic rings. The van der Waals surface area contributed by atoms with Crippen LogP contribution in [0, 0.1) is 5.82 Å². The molecule has 2 saturated heterocycles. The standard InChI is InChI=1S/C17H14ClFN2O3S/c18-11-2-1-3-14(8-11)21-16-10-25(23,24)9-15(16)20(17(21)22)13-6-4-12(19)5-7-13/h1-8,15-16H,9-10H2/t15-,16+/m1/s1. The van der Waals surface area contributed by atoms with Crippen LogP contribution in [0.25, 0.3) is 0 Å². The van der Waals surface area contributed by atoms with Crippen molar-refractivity contribution in [3.63, 3.8) is 0 Å². The van der Waals surface area contributed by atoms with E-state index in [4.69, 9.17) is 11.6 Å². The van der Waals surface area contributed by atoms with E-state index in [1.807, 2.05) is 0 Å². The lowest BCUT2D eigenvalue weighted by Gasteiger charge is -2.22. The predicted molar refractivity (Wildman–Crippen MR) is 94.4 cm³/mol. The van der Waals surface area contributed by atoms with E-state index in [-0.39, 0.29) is 17.5 Å². The molecule has 25 heavy (non-hydrogen) atoms. The summed E-state index contributed by atoms with van der Waals surface area (Å²) in [4.78, 5) is 16.0. The Morgan fingerprint density at radius 2 is 1.56 bits per heavy atom. The van der Waals surface area contributed by atoms with Crippen LogP contribution in [0.3, 0.4) is 0 Å². The average Bonchev–Trinajstić information content (AvgIpc) is 2.97. The van der Waals surface area contributed by atoms with Crippen molar-refractivity contribution >= 4 is 38.8 Å².